The molecule has 0 aliphatic heterocycles. The molecule has 112 valence electrons. The van der Waals surface area contributed by atoms with Crippen LogP contribution in [0.15, 0.2) is 18.2 Å². The van der Waals surface area contributed by atoms with Gasteiger partial charge in [-0.25, -0.2) is 13.9 Å². The van der Waals surface area contributed by atoms with E-state index in [-0.39, 0.29) is 10.6 Å². The number of alkyl halides is 3. The van der Waals surface area contributed by atoms with E-state index in [1.54, 1.807) is 0 Å². The SMILES string of the molecule is O=C(O)c1nnn(Cc2cccc(F)c2Cl)c1C(F)(F)F. The molecule has 0 amide bonds. The minimum atomic E-state index is -4.98. The average molecular weight is 324 g/mol. The second kappa shape index (κ2) is 5.32. The number of halogens is 5. The summed E-state index contributed by atoms with van der Waals surface area (Å²) in [6.07, 6.45) is -4.98. The Labute approximate surface area is 119 Å². The first-order valence-corrected chi connectivity index (χ1v) is 5.76. The molecule has 0 fully saturated rings. The number of hydrogen-bond donors (Lipinski definition) is 1. The van der Waals surface area contributed by atoms with Gasteiger partial charge in [0.1, 0.15) is 5.82 Å². The summed E-state index contributed by atoms with van der Waals surface area (Å²) in [5.74, 6) is -2.67. The highest BCUT2D eigenvalue weighted by molar-refractivity contribution is 6.31. The number of carboxylic acids is 1. The molecule has 0 saturated carbocycles. The molecule has 0 bridgehead atoms. The molecule has 5 nitrogen and oxygen atoms in total. The van der Waals surface area contributed by atoms with Crippen LogP contribution in [0.5, 0.6) is 0 Å². The number of carbonyl (C=O) groups is 1. The normalized spacial score (nSPS) is 11.7. The Bertz CT molecular complexity index is 699. The van der Waals surface area contributed by atoms with Gasteiger partial charge in [-0.2, -0.15) is 13.2 Å². The maximum Gasteiger partial charge on any atom is 0.435 e. The summed E-state index contributed by atoms with van der Waals surface area (Å²) in [5, 5.41) is 14.5. The quantitative estimate of drug-likeness (QED) is 0.882. The molecular formula is C11H6ClF4N3O2. The Balaban J connectivity index is 2.50. The third-order valence-corrected chi connectivity index (χ3v) is 2.98. The van der Waals surface area contributed by atoms with Crippen LogP contribution in [0.3, 0.4) is 0 Å². The molecular weight excluding hydrogens is 318 g/mol. The van der Waals surface area contributed by atoms with Crippen molar-refractivity contribution < 1.29 is 27.5 Å². The summed E-state index contributed by atoms with van der Waals surface area (Å²) in [7, 11) is 0. The van der Waals surface area contributed by atoms with E-state index in [0.717, 1.165) is 6.07 Å². The zero-order valence-corrected chi connectivity index (χ0v) is 10.8. The van der Waals surface area contributed by atoms with E-state index in [1.165, 1.54) is 12.1 Å². The second-order valence-corrected chi connectivity index (χ2v) is 4.34. The van der Waals surface area contributed by atoms with Gasteiger partial charge in [0.05, 0.1) is 11.6 Å². The number of carboxylic acid groups (broad SMARTS) is 1. The molecule has 2 rings (SSSR count). The molecule has 10 heteroatoms. The molecule has 0 unspecified atom stereocenters. The highest BCUT2D eigenvalue weighted by Gasteiger charge is 2.41. The van der Waals surface area contributed by atoms with E-state index in [1.807, 2.05) is 0 Å². The molecule has 2 aromatic rings. The van der Waals surface area contributed by atoms with Gasteiger partial charge in [-0.15, -0.1) is 5.10 Å². The minimum absolute atomic E-state index is 0.0176. The monoisotopic (exact) mass is 323 g/mol. The molecule has 1 aromatic carbocycles. The summed E-state index contributed by atoms with van der Waals surface area (Å²) in [4.78, 5) is 10.8. The van der Waals surface area contributed by atoms with Crippen LogP contribution in [-0.2, 0) is 12.7 Å². The van der Waals surface area contributed by atoms with Crippen LogP contribution in [0, 0.1) is 5.82 Å². The van der Waals surface area contributed by atoms with Gasteiger partial charge in [0.25, 0.3) is 0 Å². The van der Waals surface area contributed by atoms with Crippen molar-refractivity contribution >= 4 is 17.6 Å². The highest BCUT2D eigenvalue weighted by Crippen LogP contribution is 2.32. The predicted octanol–water partition coefficient (Wildman–Crippen LogP) is 2.84. The molecule has 0 atom stereocenters. The Morgan fingerprint density at radius 3 is 2.62 bits per heavy atom. The highest BCUT2D eigenvalue weighted by atomic mass is 35.5. The van der Waals surface area contributed by atoms with Gasteiger partial charge in [0.15, 0.2) is 5.69 Å². The maximum atomic E-state index is 13.3. The zero-order valence-electron chi connectivity index (χ0n) is 10.0. The molecule has 0 aliphatic rings. The van der Waals surface area contributed by atoms with Crippen LogP contribution in [0.1, 0.15) is 21.7 Å². The van der Waals surface area contributed by atoms with Gasteiger partial charge >= 0.3 is 12.1 Å². The van der Waals surface area contributed by atoms with Crippen molar-refractivity contribution in [2.24, 2.45) is 0 Å². The first kappa shape index (κ1) is 15.2. The second-order valence-electron chi connectivity index (χ2n) is 3.96. The number of aromatic carboxylic acids is 1. The molecule has 21 heavy (non-hydrogen) atoms. The maximum absolute atomic E-state index is 13.3. The van der Waals surface area contributed by atoms with Crippen LogP contribution in [0.4, 0.5) is 17.6 Å². The minimum Gasteiger partial charge on any atom is -0.476 e. The van der Waals surface area contributed by atoms with Crippen LogP contribution < -0.4 is 0 Å². The van der Waals surface area contributed by atoms with Gasteiger partial charge in [0.2, 0.25) is 5.69 Å². The molecule has 1 heterocycles. The summed E-state index contributed by atoms with van der Waals surface area (Å²) in [6, 6.07) is 3.60. The van der Waals surface area contributed by atoms with Gasteiger partial charge < -0.3 is 5.11 Å². The molecule has 0 aliphatic carbocycles. The fourth-order valence-corrected chi connectivity index (χ4v) is 1.87. The van der Waals surface area contributed by atoms with Crippen molar-refractivity contribution in [1.29, 1.82) is 0 Å². The van der Waals surface area contributed by atoms with E-state index in [0.29, 0.717) is 4.68 Å². The lowest BCUT2D eigenvalue weighted by Gasteiger charge is -2.11. The van der Waals surface area contributed by atoms with Gasteiger partial charge in [-0.3, -0.25) is 0 Å². The average Bonchev–Trinajstić information content (AvgIpc) is 2.79. The number of hydrogen-bond acceptors (Lipinski definition) is 3. The van der Waals surface area contributed by atoms with E-state index in [9.17, 15) is 22.4 Å². The fraction of sp³-hybridized carbons (Fsp3) is 0.182. The lowest BCUT2D eigenvalue weighted by atomic mass is 10.2. The lowest BCUT2D eigenvalue weighted by molar-refractivity contribution is -0.144. The number of benzene rings is 1. The summed E-state index contributed by atoms with van der Waals surface area (Å²) in [6.45, 7) is -0.564. The number of aromatic nitrogens is 3. The molecule has 0 saturated heterocycles. The summed E-state index contributed by atoms with van der Waals surface area (Å²) >= 11 is 5.64. The van der Waals surface area contributed by atoms with Crippen LogP contribution in [0.2, 0.25) is 5.02 Å². The van der Waals surface area contributed by atoms with Gasteiger partial charge in [-0.1, -0.05) is 28.9 Å². The fourth-order valence-electron chi connectivity index (χ4n) is 1.68. The van der Waals surface area contributed by atoms with Crippen molar-refractivity contribution in [3.05, 3.63) is 46.0 Å². The Morgan fingerprint density at radius 1 is 1.38 bits per heavy atom. The first-order valence-electron chi connectivity index (χ1n) is 5.38. The topological polar surface area (TPSA) is 68.0 Å². The lowest BCUT2D eigenvalue weighted by Crippen LogP contribution is -2.19. The van der Waals surface area contributed by atoms with Gasteiger partial charge in [-0.05, 0) is 11.6 Å². The zero-order chi connectivity index (χ0) is 15.8. The van der Waals surface area contributed by atoms with E-state index in [2.05, 4.69) is 10.3 Å². The summed E-state index contributed by atoms with van der Waals surface area (Å²) < 4.78 is 52.3. The first-order chi connectivity index (χ1) is 9.71. The van der Waals surface area contributed by atoms with E-state index < -0.39 is 35.9 Å². The van der Waals surface area contributed by atoms with Crippen molar-refractivity contribution in [1.82, 2.24) is 15.0 Å². The number of rotatable bonds is 3. The van der Waals surface area contributed by atoms with Crippen LogP contribution >= 0.6 is 11.6 Å². The largest absolute Gasteiger partial charge is 0.476 e. The van der Waals surface area contributed by atoms with Crippen LogP contribution in [-0.4, -0.2) is 26.1 Å². The summed E-state index contributed by atoms with van der Waals surface area (Å²) in [5.41, 5.74) is -2.74. The predicted molar refractivity (Wildman–Crippen MR) is 62.5 cm³/mol. The molecule has 1 aromatic heterocycles. The van der Waals surface area contributed by atoms with Crippen molar-refractivity contribution in [2.75, 3.05) is 0 Å². The van der Waals surface area contributed by atoms with Crippen LogP contribution in [0.25, 0.3) is 0 Å². The molecule has 0 spiro atoms. The number of nitrogens with zero attached hydrogens (tertiary/aromatic N) is 3. The van der Waals surface area contributed by atoms with Crippen molar-refractivity contribution in [2.45, 2.75) is 12.7 Å². The third kappa shape index (κ3) is 2.97. The Morgan fingerprint density at radius 2 is 2.05 bits per heavy atom. The Hall–Kier alpha value is -2.16. The standard InChI is InChI=1S/C11H6ClF4N3O2/c12-7-5(2-1-3-6(7)13)4-19-9(11(14,15)16)8(10(20)21)17-18-19/h1-3H,4H2,(H,20,21). The third-order valence-electron chi connectivity index (χ3n) is 2.56. The Kier molecular flexibility index (Phi) is 3.86. The smallest absolute Gasteiger partial charge is 0.435 e. The van der Waals surface area contributed by atoms with Gasteiger partial charge in [0, 0.05) is 0 Å². The van der Waals surface area contributed by atoms with E-state index in [4.69, 9.17) is 16.7 Å². The molecule has 1 N–H and O–H groups in total. The van der Waals surface area contributed by atoms with Crippen molar-refractivity contribution in [3.63, 3.8) is 0 Å². The van der Waals surface area contributed by atoms with Crippen molar-refractivity contribution in [3.8, 4) is 0 Å². The molecule has 0 radical (unpaired) electrons. The van der Waals surface area contributed by atoms with E-state index >= 15 is 0 Å².